The summed E-state index contributed by atoms with van der Waals surface area (Å²) in [7, 11) is 0. The highest BCUT2D eigenvalue weighted by molar-refractivity contribution is 6.31. The number of rotatable bonds is 2. The Hall–Kier alpha value is -0.730. The first-order valence-electron chi connectivity index (χ1n) is 3.89. The molecule has 0 aliphatic carbocycles. The molecule has 0 spiro atoms. The van der Waals surface area contributed by atoms with Gasteiger partial charge in [-0.05, 0) is 18.6 Å². The summed E-state index contributed by atoms with van der Waals surface area (Å²) in [6, 6.07) is 4.84. The van der Waals surface area contributed by atoms with E-state index < -0.39 is 0 Å². The Morgan fingerprint density at radius 1 is 1.58 bits per heavy atom. The smallest absolute Gasteiger partial charge is 0.121 e. The number of benzene rings is 1. The molecule has 0 radical (unpaired) electrons. The first-order chi connectivity index (χ1) is 5.66. The highest BCUT2D eigenvalue weighted by Gasteiger charge is 2.11. The van der Waals surface area contributed by atoms with Gasteiger partial charge in [-0.2, -0.15) is 0 Å². The number of halogens is 1. The molecule has 0 aliphatic heterocycles. The van der Waals surface area contributed by atoms with Gasteiger partial charge >= 0.3 is 0 Å². The third-order valence-corrected chi connectivity index (χ3v) is 2.17. The van der Waals surface area contributed by atoms with Crippen LogP contribution in [0, 0.1) is 0 Å². The zero-order valence-electron chi connectivity index (χ0n) is 6.92. The Morgan fingerprint density at radius 3 is 2.75 bits per heavy atom. The maximum atomic E-state index is 9.43. The van der Waals surface area contributed by atoms with E-state index in [9.17, 15) is 5.11 Å². The van der Waals surface area contributed by atoms with Crippen LogP contribution in [0.3, 0.4) is 0 Å². The van der Waals surface area contributed by atoms with Gasteiger partial charge in [0.05, 0.1) is 0 Å². The summed E-state index contributed by atoms with van der Waals surface area (Å²) in [5.41, 5.74) is 6.39. The SMILES string of the molecule is CCC(N)c1c(O)cccc1Cl. The predicted octanol–water partition coefficient (Wildman–Crippen LogP) is 2.46. The van der Waals surface area contributed by atoms with Gasteiger partial charge in [0.2, 0.25) is 0 Å². The first kappa shape index (κ1) is 9.36. The van der Waals surface area contributed by atoms with Crippen LogP contribution in [0.1, 0.15) is 24.9 Å². The van der Waals surface area contributed by atoms with Gasteiger partial charge in [-0.25, -0.2) is 0 Å². The van der Waals surface area contributed by atoms with Crippen molar-refractivity contribution >= 4 is 11.6 Å². The van der Waals surface area contributed by atoms with Gasteiger partial charge < -0.3 is 10.8 Å². The number of nitrogens with two attached hydrogens (primary N) is 1. The number of hydrogen-bond acceptors (Lipinski definition) is 2. The third kappa shape index (κ3) is 1.71. The van der Waals surface area contributed by atoms with Crippen LogP contribution in [0.2, 0.25) is 5.02 Å². The minimum Gasteiger partial charge on any atom is -0.508 e. The normalized spacial score (nSPS) is 12.9. The number of phenolic OH excluding ortho intramolecular Hbond substituents is 1. The second kappa shape index (κ2) is 3.78. The number of aromatic hydroxyl groups is 1. The van der Waals surface area contributed by atoms with Crippen molar-refractivity contribution in [3.8, 4) is 5.75 Å². The summed E-state index contributed by atoms with van der Waals surface area (Å²) < 4.78 is 0. The molecule has 0 amide bonds. The van der Waals surface area contributed by atoms with Gasteiger partial charge in [0, 0.05) is 16.6 Å². The van der Waals surface area contributed by atoms with Crippen molar-refractivity contribution in [3.63, 3.8) is 0 Å². The predicted molar refractivity (Wildman–Crippen MR) is 50.3 cm³/mol. The van der Waals surface area contributed by atoms with Crippen molar-refractivity contribution in [3.05, 3.63) is 28.8 Å². The topological polar surface area (TPSA) is 46.2 Å². The second-order valence-electron chi connectivity index (χ2n) is 2.69. The molecular weight excluding hydrogens is 174 g/mol. The molecule has 12 heavy (non-hydrogen) atoms. The lowest BCUT2D eigenvalue weighted by Crippen LogP contribution is -2.09. The molecule has 1 aromatic rings. The van der Waals surface area contributed by atoms with Gasteiger partial charge in [0.15, 0.2) is 0 Å². The van der Waals surface area contributed by atoms with Crippen LogP contribution < -0.4 is 5.73 Å². The van der Waals surface area contributed by atoms with E-state index in [4.69, 9.17) is 17.3 Å². The fourth-order valence-electron chi connectivity index (χ4n) is 1.10. The third-order valence-electron chi connectivity index (χ3n) is 1.84. The molecule has 1 atom stereocenters. The van der Waals surface area contributed by atoms with E-state index in [1.165, 1.54) is 0 Å². The molecule has 0 fully saturated rings. The largest absolute Gasteiger partial charge is 0.508 e. The highest BCUT2D eigenvalue weighted by Crippen LogP contribution is 2.31. The molecule has 0 aromatic heterocycles. The lowest BCUT2D eigenvalue weighted by molar-refractivity contribution is 0.460. The fraction of sp³-hybridized carbons (Fsp3) is 0.333. The number of phenols is 1. The molecule has 0 aliphatic rings. The minimum atomic E-state index is -0.182. The standard InChI is InChI=1S/C9H12ClNO/c1-2-7(11)9-6(10)4-3-5-8(9)12/h3-5,7,12H,2,11H2,1H3. The van der Waals surface area contributed by atoms with Crippen LogP contribution >= 0.6 is 11.6 Å². The Kier molecular flexibility index (Phi) is 2.95. The first-order valence-corrected chi connectivity index (χ1v) is 4.27. The lowest BCUT2D eigenvalue weighted by Gasteiger charge is -2.12. The highest BCUT2D eigenvalue weighted by atomic mass is 35.5. The van der Waals surface area contributed by atoms with E-state index in [1.807, 2.05) is 6.92 Å². The monoisotopic (exact) mass is 185 g/mol. The van der Waals surface area contributed by atoms with Crippen LogP contribution in [-0.2, 0) is 0 Å². The van der Waals surface area contributed by atoms with Crippen molar-refractivity contribution in [2.75, 3.05) is 0 Å². The van der Waals surface area contributed by atoms with E-state index in [0.29, 0.717) is 10.6 Å². The zero-order chi connectivity index (χ0) is 9.14. The lowest BCUT2D eigenvalue weighted by atomic mass is 10.0. The van der Waals surface area contributed by atoms with Crippen molar-refractivity contribution < 1.29 is 5.11 Å². The summed E-state index contributed by atoms with van der Waals surface area (Å²) in [4.78, 5) is 0. The van der Waals surface area contributed by atoms with Crippen LogP contribution in [0.15, 0.2) is 18.2 Å². The zero-order valence-corrected chi connectivity index (χ0v) is 7.67. The van der Waals surface area contributed by atoms with Crippen LogP contribution in [-0.4, -0.2) is 5.11 Å². The average molecular weight is 186 g/mol. The fourth-order valence-corrected chi connectivity index (χ4v) is 1.41. The van der Waals surface area contributed by atoms with E-state index >= 15 is 0 Å². The molecule has 3 N–H and O–H groups in total. The van der Waals surface area contributed by atoms with Crippen LogP contribution in [0.4, 0.5) is 0 Å². The summed E-state index contributed by atoms with van der Waals surface area (Å²) in [5, 5.41) is 9.96. The molecule has 1 rings (SSSR count). The molecule has 0 heterocycles. The molecule has 2 nitrogen and oxygen atoms in total. The van der Waals surface area contributed by atoms with Crippen LogP contribution in [0.25, 0.3) is 0 Å². The molecular formula is C9H12ClNO. The van der Waals surface area contributed by atoms with Crippen molar-refractivity contribution in [1.29, 1.82) is 0 Å². The molecule has 3 heteroatoms. The quantitative estimate of drug-likeness (QED) is 0.744. The molecule has 0 saturated carbocycles. The summed E-state index contributed by atoms with van der Waals surface area (Å²) >= 11 is 5.86. The van der Waals surface area contributed by atoms with E-state index in [1.54, 1.807) is 18.2 Å². The Balaban J connectivity index is 3.12. The average Bonchev–Trinajstić information content (AvgIpc) is 2.03. The van der Waals surface area contributed by atoms with Crippen LogP contribution in [0.5, 0.6) is 5.75 Å². The number of hydrogen-bond donors (Lipinski definition) is 2. The van der Waals surface area contributed by atoms with Gasteiger partial charge in [0.1, 0.15) is 5.75 Å². The Morgan fingerprint density at radius 2 is 2.25 bits per heavy atom. The van der Waals surface area contributed by atoms with Gasteiger partial charge in [0.25, 0.3) is 0 Å². The van der Waals surface area contributed by atoms with Gasteiger partial charge in [-0.15, -0.1) is 0 Å². The second-order valence-corrected chi connectivity index (χ2v) is 3.09. The molecule has 1 unspecified atom stereocenters. The van der Waals surface area contributed by atoms with E-state index in [0.717, 1.165) is 6.42 Å². The van der Waals surface area contributed by atoms with E-state index in [2.05, 4.69) is 0 Å². The molecule has 1 aromatic carbocycles. The maximum Gasteiger partial charge on any atom is 0.121 e. The Bertz CT molecular complexity index is 255. The maximum absolute atomic E-state index is 9.43. The van der Waals surface area contributed by atoms with Gasteiger partial charge in [-0.1, -0.05) is 24.6 Å². The minimum absolute atomic E-state index is 0.178. The van der Waals surface area contributed by atoms with Crippen molar-refractivity contribution in [1.82, 2.24) is 0 Å². The molecule has 0 bridgehead atoms. The summed E-state index contributed by atoms with van der Waals surface area (Å²) in [6.07, 6.45) is 0.761. The van der Waals surface area contributed by atoms with Gasteiger partial charge in [-0.3, -0.25) is 0 Å². The van der Waals surface area contributed by atoms with E-state index in [-0.39, 0.29) is 11.8 Å². The summed E-state index contributed by atoms with van der Waals surface area (Å²) in [5.74, 6) is 0.178. The summed E-state index contributed by atoms with van der Waals surface area (Å²) in [6.45, 7) is 1.95. The Labute approximate surface area is 77.0 Å². The molecule has 66 valence electrons. The molecule has 0 saturated heterocycles. The van der Waals surface area contributed by atoms with Crippen molar-refractivity contribution in [2.45, 2.75) is 19.4 Å². The van der Waals surface area contributed by atoms with Crippen molar-refractivity contribution in [2.24, 2.45) is 5.73 Å².